The molecule has 0 fully saturated rings. The number of carbonyl (C=O) groups is 1. The highest BCUT2D eigenvalue weighted by Crippen LogP contribution is 2.26. The molecule has 1 amide bonds. The normalized spacial score (nSPS) is 10.9. The lowest BCUT2D eigenvalue weighted by Crippen LogP contribution is -2.14. The van der Waals surface area contributed by atoms with E-state index >= 15 is 0 Å². The molecule has 0 radical (unpaired) electrons. The third kappa shape index (κ3) is 5.30. The number of methoxy groups -OCH3 is 1. The molecule has 160 valence electrons. The van der Waals surface area contributed by atoms with Gasteiger partial charge < -0.3 is 10.1 Å². The molecule has 0 aliphatic rings. The maximum absolute atomic E-state index is 12.5. The second-order valence-electron chi connectivity index (χ2n) is 6.24. The lowest BCUT2D eigenvalue weighted by atomic mass is 10.2. The van der Waals surface area contributed by atoms with E-state index in [1.165, 1.54) is 43.5 Å². The van der Waals surface area contributed by atoms with E-state index in [0.29, 0.717) is 17.1 Å². The number of nitro groups is 1. The molecule has 0 saturated heterocycles. The molecule has 3 rings (SSSR count). The van der Waals surface area contributed by atoms with Gasteiger partial charge in [0.05, 0.1) is 16.9 Å². The highest BCUT2D eigenvalue weighted by atomic mass is 35.5. The Bertz CT molecular complexity index is 1230. The average molecular weight is 462 g/mol. The summed E-state index contributed by atoms with van der Waals surface area (Å²) in [6.07, 6.45) is 0. The standard InChI is InChI=1S/C20H16ClN3O6S/c1-30-16-7-3-15(4-8-16)23-31(28,29)17-9-5-14(6-10-17)22-20(25)13-2-11-18(21)19(12-13)24(26)27/h2-12,23H,1H3,(H,22,25). The fraction of sp³-hybridized carbons (Fsp3) is 0.0500. The smallest absolute Gasteiger partial charge is 0.288 e. The Morgan fingerprint density at radius 3 is 2.19 bits per heavy atom. The molecule has 3 aromatic rings. The molecule has 31 heavy (non-hydrogen) atoms. The molecule has 0 aromatic heterocycles. The van der Waals surface area contributed by atoms with Gasteiger partial charge in [-0.25, -0.2) is 8.42 Å². The number of rotatable bonds is 7. The van der Waals surface area contributed by atoms with Gasteiger partial charge in [-0.2, -0.15) is 0 Å². The third-order valence-electron chi connectivity index (χ3n) is 4.17. The molecule has 2 N–H and O–H groups in total. The van der Waals surface area contributed by atoms with Gasteiger partial charge >= 0.3 is 0 Å². The molecule has 11 heteroatoms. The number of carbonyl (C=O) groups excluding carboxylic acids is 1. The molecule has 9 nitrogen and oxygen atoms in total. The van der Waals surface area contributed by atoms with E-state index in [9.17, 15) is 23.3 Å². The van der Waals surface area contributed by atoms with Crippen molar-refractivity contribution in [1.82, 2.24) is 0 Å². The van der Waals surface area contributed by atoms with Crippen molar-refractivity contribution in [3.8, 4) is 5.75 Å². The Kier molecular flexibility index (Phi) is 6.42. The molecule has 0 atom stereocenters. The molecule has 0 aliphatic carbocycles. The van der Waals surface area contributed by atoms with Gasteiger partial charge in [-0.3, -0.25) is 19.6 Å². The predicted molar refractivity (Wildman–Crippen MR) is 116 cm³/mol. The second-order valence-corrected chi connectivity index (χ2v) is 8.33. The third-order valence-corrected chi connectivity index (χ3v) is 5.89. The fourth-order valence-electron chi connectivity index (χ4n) is 2.59. The van der Waals surface area contributed by atoms with Crippen LogP contribution in [0.1, 0.15) is 10.4 Å². The van der Waals surface area contributed by atoms with Gasteiger partial charge in [0.2, 0.25) is 0 Å². The first-order valence-corrected chi connectivity index (χ1v) is 10.6. The maximum atomic E-state index is 12.5. The van der Waals surface area contributed by atoms with Crippen molar-refractivity contribution in [3.63, 3.8) is 0 Å². The maximum Gasteiger partial charge on any atom is 0.288 e. The molecular formula is C20H16ClN3O6S. The SMILES string of the molecule is COc1ccc(NS(=O)(=O)c2ccc(NC(=O)c3ccc(Cl)c([N+](=O)[O-])c3)cc2)cc1. The van der Waals surface area contributed by atoms with Crippen LogP contribution in [0.3, 0.4) is 0 Å². The first-order chi connectivity index (χ1) is 14.7. The molecule has 0 saturated carbocycles. The topological polar surface area (TPSA) is 128 Å². The minimum absolute atomic E-state index is 0.0107. The minimum Gasteiger partial charge on any atom is -0.497 e. The minimum atomic E-state index is -3.84. The summed E-state index contributed by atoms with van der Waals surface area (Å²) < 4.78 is 32.6. The summed E-state index contributed by atoms with van der Waals surface area (Å²) in [4.78, 5) is 22.6. The number of sulfonamides is 1. The van der Waals surface area contributed by atoms with Gasteiger partial charge in [0.25, 0.3) is 21.6 Å². The van der Waals surface area contributed by atoms with Crippen molar-refractivity contribution < 1.29 is 22.9 Å². The lowest BCUT2D eigenvalue weighted by molar-refractivity contribution is -0.384. The van der Waals surface area contributed by atoms with Gasteiger partial charge in [-0.05, 0) is 60.7 Å². The Morgan fingerprint density at radius 1 is 1.00 bits per heavy atom. The Balaban J connectivity index is 1.72. The van der Waals surface area contributed by atoms with Crippen molar-refractivity contribution >= 4 is 44.6 Å². The molecule has 0 heterocycles. The zero-order valence-electron chi connectivity index (χ0n) is 16.0. The quantitative estimate of drug-likeness (QED) is 0.398. The summed E-state index contributed by atoms with van der Waals surface area (Å²) in [5.41, 5.74) is 0.322. The van der Waals surface area contributed by atoms with Crippen LogP contribution in [0.5, 0.6) is 5.75 Å². The summed E-state index contributed by atoms with van der Waals surface area (Å²) in [5.74, 6) is -0.0132. The summed E-state index contributed by atoms with van der Waals surface area (Å²) in [6.45, 7) is 0. The van der Waals surface area contributed by atoms with E-state index in [2.05, 4.69) is 10.0 Å². The number of halogens is 1. The van der Waals surface area contributed by atoms with E-state index in [1.54, 1.807) is 24.3 Å². The predicted octanol–water partition coefficient (Wildman–Crippen LogP) is 4.31. The number of anilines is 2. The van der Waals surface area contributed by atoms with Gasteiger partial charge in [0.1, 0.15) is 10.8 Å². The zero-order chi connectivity index (χ0) is 22.6. The number of amides is 1. The highest BCUT2D eigenvalue weighted by molar-refractivity contribution is 7.92. The molecule has 0 spiro atoms. The van der Waals surface area contributed by atoms with Gasteiger partial charge in [0.15, 0.2) is 0 Å². The average Bonchev–Trinajstić information content (AvgIpc) is 2.74. The largest absolute Gasteiger partial charge is 0.497 e. The summed E-state index contributed by atoms with van der Waals surface area (Å²) in [7, 11) is -2.34. The van der Waals surface area contributed by atoms with E-state index < -0.39 is 20.9 Å². The number of nitrogens with one attached hydrogen (secondary N) is 2. The Hall–Kier alpha value is -3.63. The number of nitro benzene ring substituents is 1. The molecule has 0 bridgehead atoms. The van der Waals surface area contributed by atoms with Crippen molar-refractivity contribution in [2.75, 3.05) is 17.1 Å². The summed E-state index contributed by atoms with van der Waals surface area (Å²) in [5, 5.41) is 13.4. The Morgan fingerprint density at radius 2 is 1.61 bits per heavy atom. The van der Waals surface area contributed by atoms with Crippen LogP contribution in [0.15, 0.2) is 71.6 Å². The second kappa shape index (κ2) is 9.02. The van der Waals surface area contributed by atoms with Crippen LogP contribution in [0.2, 0.25) is 5.02 Å². The monoisotopic (exact) mass is 461 g/mol. The van der Waals surface area contributed by atoms with E-state index in [1.807, 2.05) is 0 Å². The fourth-order valence-corrected chi connectivity index (χ4v) is 3.83. The molecule has 0 aliphatic heterocycles. The van der Waals surface area contributed by atoms with Crippen molar-refractivity contribution in [3.05, 3.63) is 87.4 Å². The van der Waals surface area contributed by atoms with E-state index in [0.717, 1.165) is 6.07 Å². The number of benzene rings is 3. The molecular weight excluding hydrogens is 446 g/mol. The van der Waals surface area contributed by atoms with Crippen LogP contribution in [0.25, 0.3) is 0 Å². The number of hydrogen-bond acceptors (Lipinski definition) is 6. The zero-order valence-corrected chi connectivity index (χ0v) is 17.6. The summed E-state index contributed by atoms with van der Waals surface area (Å²) in [6, 6.07) is 15.5. The van der Waals surface area contributed by atoms with Crippen LogP contribution in [-0.4, -0.2) is 26.4 Å². The first kappa shape index (κ1) is 22.1. The van der Waals surface area contributed by atoms with Crippen LogP contribution in [-0.2, 0) is 10.0 Å². The van der Waals surface area contributed by atoms with Crippen LogP contribution >= 0.6 is 11.6 Å². The van der Waals surface area contributed by atoms with Crippen molar-refractivity contribution in [2.45, 2.75) is 4.90 Å². The first-order valence-electron chi connectivity index (χ1n) is 8.72. The lowest BCUT2D eigenvalue weighted by Gasteiger charge is -2.10. The van der Waals surface area contributed by atoms with Crippen LogP contribution in [0, 0.1) is 10.1 Å². The van der Waals surface area contributed by atoms with E-state index in [4.69, 9.17) is 16.3 Å². The summed E-state index contributed by atoms with van der Waals surface area (Å²) >= 11 is 5.75. The van der Waals surface area contributed by atoms with Crippen molar-refractivity contribution in [1.29, 1.82) is 0 Å². The Labute approximate surface area is 182 Å². The van der Waals surface area contributed by atoms with E-state index in [-0.39, 0.29) is 21.2 Å². The number of nitrogens with zero attached hydrogens (tertiary/aromatic N) is 1. The van der Waals surface area contributed by atoms with Crippen LogP contribution < -0.4 is 14.8 Å². The van der Waals surface area contributed by atoms with Crippen molar-refractivity contribution in [2.24, 2.45) is 0 Å². The van der Waals surface area contributed by atoms with Gasteiger partial charge in [-0.1, -0.05) is 11.6 Å². The van der Waals surface area contributed by atoms with Crippen LogP contribution in [0.4, 0.5) is 17.1 Å². The highest BCUT2D eigenvalue weighted by Gasteiger charge is 2.17. The molecule has 0 unspecified atom stereocenters. The number of hydrogen-bond donors (Lipinski definition) is 2. The van der Waals surface area contributed by atoms with Gasteiger partial charge in [-0.15, -0.1) is 0 Å². The molecule has 3 aromatic carbocycles. The van der Waals surface area contributed by atoms with Gasteiger partial charge in [0, 0.05) is 23.0 Å². The number of ether oxygens (including phenoxy) is 1.